The third kappa shape index (κ3) is 2.33. The third-order valence-corrected chi connectivity index (χ3v) is 3.40. The second-order valence-corrected chi connectivity index (χ2v) is 4.89. The molecular formula is C16H13NO4. The molecule has 0 fully saturated rings. The van der Waals surface area contributed by atoms with Gasteiger partial charge >= 0.3 is 11.7 Å². The number of fused-ring (bicyclic) bond motifs is 1. The van der Waals surface area contributed by atoms with Gasteiger partial charge in [-0.2, -0.15) is 0 Å². The molecule has 0 unspecified atom stereocenters. The number of carboxylic acid groups (broad SMARTS) is 1. The Morgan fingerprint density at radius 1 is 1.24 bits per heavy atom. The van der Waals surface area contributed by atoms with Crippen LogP contribution in [0.1, 0.15) is 21.5 Å². The molecular weight excluding hydrogens is 270 g/mol. The van der Waals surface area contributed by atoms with E-state index in [1.807, 2.05) is 19.1 Å². The molecule has 0 aliphatic carbocycles. The number of hydrogen-bond donors (Lipinski definition) is 1. The van der Waals surface area contributed by atoms with Crippen LogP contribution in [0.25, 0.3) is 11.1 Å². The lowest BCUT2D eigenvalue weighted by molar-refractivity contribution is 0.0695. The van der Waals surface area contributed by atoms with Crippen molar-refractivity contribution in [3.63, 3.8) is 0 Å². The molecule has 0 atom stereocenters. The number of carbonyl (C=O) groups is 1. The van der Waals surface area contributed by atoms with Crippen molar-refractivity contribution in [3.8, 4) is 0 Å². The molecule has 21 heavy (non-hydrogen) atoms. The van der Waals surface area contributed by atoms with Crippen LogP contribution >= 0.6 is 0 Å². The third-order valence-electron chi connectivity index (χ3n) is 3.40. The molecule has 0 aliphatic heterocycles. The van der Waals surface area contributed by atoms with Gasteiger partial charge in [0.2, 0.25) is 0 Å². The van der Waals surface area contributed by atoms with Crippen molar-refractivity contribution in [1.82, 2.24) is 4.57 Å². The maximum absolute atomic E-state index is 12.0. The summed E-state index contributed by atoms with van der Waals surface area (Å²) in [5.41, 5.74) is 2.92. The van der Waals surface area contributed by atoms with E-state index in [-0.39, 0.29) is 12.1 Å². The number of rotatable bonds is 3. The summed E-state index contributed by atoms with van der Waals surface area (Å²) in [5.74, 6) is -1.50. The summed E-state index contributed by atoms with van der Waals surface area (Å²) >= 11 is 0. The fraction of sp³-hybridized carbons (Fsp3) is 0.125. The highest BCUT2D eigenvalue weighted by molar-refractivity contribution is 5.89. The molecule has 0 spiro atoms. The van der Waals surface area contributed by atoms with Crippen LogP contribution in [0.4, 0.5) is 0 Å². The highest BCUT2D eigenvalue weighted by Gasteiger charge is 2.14. The average molecular weight is 283 g/mol. The van der Waals surface area contributed by atoms with Gasteiger partial charge in [0.25, 0.3) is 0 Å². The van der Waals surface area contributed by atoms with Crippen molar-refractivity contribution in [2.24, 2.45) is 0 Å². The van der Waals surface area contributed by atoms with E-state index in [1.165, 1.54) is 10.6 Å². The average Bonchev–Trinajstić information content (AvgIpc) is 2.75. The Balaban J connectivity index is 2.15. The Morgan fingerprint density at radius 3 is 2.76 bits per heavy atom. The largest absolute Gasteiger partial charge is 0.478 e. The fourth-order valence-electron chi connectivity index (χ4n) is 2.36. The van der Waals surface area contributed by atoms with Crippen molar-refractivity contribution in [3.05, 3.63) is 69.7 Å². The minimum absolute atomic E-state index is 0.164. The second kappa shape index (κ2) is 4.94. The van der Waals surface area contributed by atoms with E-state index in [0.717, 1.165) is 5.56 Å². The Hall–Kier alpha value is -2.82. The van der Waals surface area contributed by atoms with Crippen LogP contribution in [-0.4, -0.2) is 15.6 Å². The summed E-state index contributed by atoms with van der Waals surface area (Å²) in [5, 5.41) is 9.21. The van der Waals surface area contributed by atoms with Crippen molar-refractivity contribution in [2.75, 3.05) is 0 Å². The van der Waals surface area contributed by atoms with Crippen molar-refractivity contribution < 1.29 is 14.3 Å². The maximum Gasteiger partial charge on any atom is 0.420 e. The van der Waals surface area contributed by atoms with Gasteiger partial charge in [-0.1, -0.05) is 24.3 Å². The Kier molecular flexibility index (Phi) is 3.10. The van der Waals surface area contributed by atoms with Gasteiger partial charge in [-0.3, -0.25) is 4.57 Å². The first kappa shape index (κ1) is 13.2. The van der Waals surface area contributed by atoms with Crippen LogP contribution in [0, 0.1) is 6.92 Å². The quantitative estimate of drug-likeness (QED) is 0.802. The monoisotopic (exact) mass is 283 g/mol. The Morgan fingerprint density at radius 2 is 2.00 bits per heavy atom. The number of aryl methyl sites for hydroxylation is 1. The smallest absolute Gasteiger partial charge is 0.420 e. The molecule has 1 N–H and O–H groups in total. The highest BCUT2D eigenvalue weighted by Crippen LogP contribution is 2.17. The minimum Gasteiger partial charge on any atom is -0.478 e. The topological polar surface area (TPSA) is 72.4 Å². The number of aromatic nitrogens is 1. The molecule has 0 saturated heterocycles. The first-order valence-corrected chi connectivity index (χ1v) is 6.47. The van der Waals surface area contributed by atoms with Gasteiger partial charge in [0.1, 0.15) is 0 Å². The Bertz CT molecular complexity index is 889. The number of oxazole rings is 1. The summed E-state index contributed by atoms with van der Waals surface area (Å²) in [6.07, 6.45) is 0. The predicted octanol–water partition coefficient (Wildman–Crippen LogP) is 2.65. The summed E-state index contributed by atoms with van der Waals surface area (Å²) in [6, 6.07) is 12.1. The number of carboxylic acids is 1. The van der Waals surface area contributed by atoms with E-state index in [9.17, 15) is 14.7 Å². The second-order valence-electron chi connectivity index (χ2n) is 4.89. The molecule has 1 heterocycles. The first-order valence-electron chi connectivity index (χ1n) is 6.47. The van der Waals surface area contributed by atoms with Gasteiger partial charge < -0.3 is 9.52 Å². The number of hydrogen-bond acceptors (Lipinski definition) is 3. The lowest BCUT2D eigenvalue weighted by atomic mass is 10.1. The zero-order valence-corrected chi connectivity index (χ0v) is 11.4. The van der Waals surface area contributed by atoms with Gasteiger partial charge in [-0.15, -0.1) is 0 Å². The van der Waals surface area contributed by atoms with E-state index < -0.39 is 11.7 Å². The molecule has 3 aromatic rings. The number of aromatic carboxylic acids is 1. The van der Waals surface area contributed by atoms with E-state index in [2.05, 4.69) is 0 Å². The molecule has 1 aromatic heterocycles. The van der Waals surface area contributed by atoms with Crippen LogP contribution in [0.15, 0.2) is 51.7 Å². The highest BCUT2D eigenvalue weighted by atomic mass is 16.4. The molecule has 0 amide bonds. The van der Waals surface area contributed by atoms with E-state index in [4.69, 9.17) is 4.42 Å². The summed E-state index contributed by atoms with van der Waals surface area (Å²) in [4.78, 5) is 23.2. The fourth-order valence-corrected chi connectivity index (χ4v) is 2.36. The summed E-state index contributed by atoms with van der Waals surface area (Å²) < 4.78 is 6.64. The SMILES string of the molecule is Cc1ccc2oc(=O)n(Cc3ccccc3C(=O)O)c2c1. The van der Waals surface area contributed by atoms with Crippen LogP contribution in [0.3, 0.4) is 0 Å². The zero-order chi connectivity index (χ0) is 15.0. The molecule has 0 bridgehead atoms. The van der Waals surface area contributed by atoms with Crippen LogP contribution in [0.2, 0.25) is 0 Å². The van der Waals surface area contributed by atoms with Gasteiger partial charge in [0.05, 0.1) is 17.6 Å². The standard InChI is InChI=1S/C16H13NO4/c1-10-6-7-14-13(8-10)17(16(20)21-14)9-11-4-2-3-5-12(11)15(18)19/h2-8H,9H2,1H3,(H,18,19). The summed E-state index contributed by atoms with van der Waals surface area (Å²) in [7, 11) is 0. The van der Waals surface area contributed by atoms with Crippen molar-refractivity contribution >= 4 is 17.1 Å². The Labute approximate surface area is 120 Å². The molecule has 5 heteroatoms. The molecule has 3 rings (SSSR count). The molecule has 0 aliphatic rings. The van der Waals surface area contributed by atoms with Crippen LogP contribution < -0.4 is 5.76 Å². The van der Waals surface area contributed by atoms with Gasteiger partial charge in [0.15, 0.2) is 5.58 Å². The van der Waals surface area contributed by atoms with Crippen molar-refractivity contribution in [2.45, 2.75) is 13.5 Å². The molecule has 106 valence electrons. The zero-order valence-electron chi connectivity index (χ0n) is 11.4. The van der Waals surface area contributed by atoms with Gasteiger partial charge in [-0.05, 0) is 36.2 Å². The molecule has 2 aromatic carbocycles. The summed E-state index contributed by atoms with van der Waals surface area (Å²) in [6.45, 7) is 2.09. The molecule has 0 saturated carbocycles. The van der Waals surface area contributed by atoms with Crippen molar-refractivity contribution in [1.29, 1.82) is 0 Å². The van der Waals surface area contributed by atoms with Gasteiger partial charge in [-0.25, -0.2) is 9.59 Å². The van der Waals surface area contributed by atoms with Crippen LogP contribution in [0.5, 0.6) is 0 Å². The van der Waals surface area contributed by atoms with Gasteiger partial charge in [0, 0.05) is 0 Å². The molecule has 5 nitrogen and oxygen atoms in total. The van der Waals surface area contributed by atoms with E-state index in [0.29, 0.717) is 16.7 Å². The lowest BCUT2D eigenvalue weighted by Gasteiger charge is -2.06. The lowest BCUT2D eigenvalue weighted by Crippen LogP contribution is -2.16. The number of nitrogens with zero attached hydrogens (tertiary/aromatic N) is 1. The normalized spacial score (nSPS) is 10.9. The number of benzene rings is 2. The van der Waals surface area contributed by atoms with E-state index >= 15 is 0 Å². The maximum atomic E-state index is 12.0. The van der Waals surface area contributed by atoms with E-state index in [1.54, 1.807) is 24.3 Å². The predicted molar refractivity (Wildman–Crippen MR) is 77.7 cm³/mol. The first-order chi connectivity index (χ1) is 10.1. The minimum atomic E-state index is -1.01. The van der Waals surface area contributed by atoms with Crippen LogP contribution in [-0.2, 0) is 6.54 Å². The molecule has 0 radical (unpaired) electrons.